The number of nitrogens with zero attached hydrogens (tertiary/aromatic N) is 1. The molecule has 0 atom stereocenters. The first kappa shape index (κ1) is 47.6. The fourth-order valence-corrected chi connectivity index (χ4v) is 6.92. The van der Waals surface area contributed by atoms with Crippen molar-refractivity contribution in [1.82, 2.24) is 4.90 Å². The predicted octanol–water partition coefficient (Wildman–Crippen LogP) is 10.4. The molecule has 0 aliphatic rings. The van der Waals surface area contributed by atoms with Crippen LogP contribution in [0.4, 0.5) is 11.4 Å². The standard InChI is InChI=1S/C43H79N3O6/c1-4-7-9-11-15-21-28-37(29-22-16-12-10-8-5-2)52-39(49)31-24-18-14-20-26-35-46(34-25-19-13-17-23-30-38(47)48)36-27-33-45-41-40(44-32-6-3)42(50)43(41)51/h37,44-45H,4-36H2,1-3H3,(H,47,48). The second-order valence-electron chi connectivity index (χ2n) is 15.1. The summed E-state index contributed by atoms with van der Waals surface area (Å²) in [6, 6.07) is 0. The van der Waals surface area contributed by atoms with Crippen molar-refractivity contribution in [3.05, 3.63) is 20.4 Å². The largest absolute Gasteiger partial charge is 0.481 e. The number of ether oxygens (including phenoxy) is 1. The van der Waals surface area contributed by atoms with Gasteiger partial charge in [0, 0.05) is 25.9 Å². The number of hydrogen-bond donors (Lipinski definition) is 3. The SMILES string of the molecule is CCCCCCCCC(CCCCCCCC)OC(=O)CCCCCCCN(CCCCCCCC(=O)O)CCCNc1c(NCCC)c(=O)c1=O. The number of carboxylic acid groups (broad SMARTS) is 1. The lowest BCUT2D eigenvalue weighted by Gasteiger charge is -2.23. The second kappa shape index (κ2) is 33.2. The predicted molar refractivity (Wildman–Crippen MR) is 219 cm³/mol. The Balaban J connectivity index is 2.40. The number of unbranched alkanes of at least 4 members (excludes halogenated alkanes) is 18. The van der Waals surface area contributed by atoms with Crippen molar-refractivity contribution < 1.29 is 19.4 Å². The van der Waals surface area contributed by atoms with E-state index in [1.807, 2.05) is 6.92 Å². The van der Waals surface area contributed by atoms with Crippen LogP contribution in [-0.2, 0) is 14.3 Å². The van der Waals surface area contributed by atoms with Crippen molar-refractivity contribution in [2.24, 2.45) is 0 Å². The number of anilines is 2. The molecule has 9 nitrogen and oxygen atoms in total. The maximum Gasteiger partial charge on any atom is 0.306 e. The van der Waals surface area contributed by atoms with Crippen molar-refractivity contribution in [2.75, 3.05) is 43.4 Å². The van der Waals surface area contributed by atoms with Crippen molar-refractivity contribution in [2.45, 2.75) is 207 Å². The zero-order chi connectivity index (χ0) is 38.1. The van der Waals surface area contributed by atoms with Gasteiger partial charge in [0.2, 0.25) is 0 Å². The van der Waals surface area contributed by atoms with Gasteiger partial charge in [0.25, 0.3) is 10.9 Å². The molecule has 0 saturated heterocycles. The van der Waals surface area contributed by atoms with Gasteiger partial charge < -0.3 is 25.4 Å². The van der Waals surface area contributed by atoms with E-state index in [1.165, 1.54) is 64.2 Å². The maximum absolute atomic E-state index is 12.8. The molecule has 0 aromatic heterocycles. The molecule has 0 saturated carbocycles. The van der Waals surface area contributed by atoms with Crippen LogP contribution in [0.15, 0.2) is 9.59 Å². The lowest BCUT2D eigenvalue weighted by molar-refractivity contribution is -0.150. The summed E-state index contributed by atoms with van der Waals surface area (Å²) in [6.45, 7) is 10.8. The van der Waals surface area contributed by atoms with E-state index in [9.17, 15) is 19.2 Å². The molecule has 302 valence electrons. The number of carbonyl (C=O) groups excluding carboxylic acids is 1. The van der Waals surface area contributed by atoms with Gasteiger partial charge in [-0.1, -0.05) is 124 Å². The van der Waals surface area contributed by atoms with Crippen LogP contribution in [0.25, 0.3) is 0 Å². The molecule has 0 bridgehead atoms. The maximum atomic E-state index is 12.8. The molecule has 0 aliphatic carbocycles. The van der Waals surface area contributed by atoms with Gasteiger partial charge in [-0.15, -0.1) is 0 Å². The van der Waals surface area contributed by atoms with Crippen LogP contribution in [0.5, 0.6) is 0 Å². The Morgan fingerprint density at radius 2 is 0.962 bits per heavy atom. The summed E-state index contributed by atoms with van der Waals surface area (Å²) in [5.41, 5.74) is 0.0178. The van der Waals surface area contributed by atoms with Crippen LogP contribution in [0.3, 0.4) is 0 Å². The van der Waals surface area contributed by atoms with Gasteiger partial charge >= 0.3 is 11.9 Å². The average molecular weight is 734 g/mol. The van der Waals surface area contributed by atoms with Crippen LogP contribution in [0, 0.1) is 0 Å². The molecule has 0 fully saturated rings. The monoisotopic (exact) mass is 734 g/mol. The molecule has 52 heavy (non-hydrogen) atoms. The molecule has 0 heterocycles. The zero-order valence-electron chi connectivity index (χ0n) is 33.8. The average Bonchev–Trinajstić information content (AvgIpc) is 3.13. The van der Waals surface area contributed by atoms with Gasteiger partial charge in [-0.2, -0.15) is 0 Å². The number of hydrogen-bond acceptors (Lipinski definition) is 8. The minimum atomic E-state index is -0.719. The highest BCUT2D eigenvalue weighted by Crippen LogP contribution is 2.19. The quantitative estimate of drug-likeness (QED) is 0.0344. The molecular weight excluding hydrogens is 654 g/mol. The number of rotatable bonds is 39. The van der Waals surface area contributed by atoms with Crippen molar-refractivity contribution in [3.8, 4) is 0 Å². The van der Waals surface area contributed by atoms with E-state index in [1.54, 1.807) is 0 Å². The van der Waals surface area contributed by atoms with Crippen LogP contribution in [0.2, 0.25) is 0 Å². The van der Waals surface area contributed by atoms with Gasteiger partial charge in [-0.25, -0.2) is 0 Å². The zero-order valence-corrected chi connectivity index (χ0v) is 33.8. The Morgan fingerprint density at radius 1 is 0.538 bits per heavy atom. The third-order valence-corrected chi connectivity index (χ3v) is 10.2. The minimum absolute atomic E-state index is 0.0123. The van der Waals surface area contributed by atoms with E-state index in [4.69, 9.17) is 9.84 Å². The molecule has 0 radical (unpaired) electrons. The number of carbonyl (C=O) groups is 2. The molecule has 0 amide bonds. The van der Waals surface area contributed by atoms with E-state index >= 15 is 0 Å². The van der Waals surface area contributed by atoms with Crippen LogP contribution in [0.1, 0.15) is 201 Å². The molecule has 3 N–H and O–H groups in total. The molecule has 9 heteroatoms. The molecule has 0 unspecified atom stereocenters. The first-order valence-corrected chi connectivity index (χ1v) is 21.8. The Hall–Kier alpha value is -2.42. The summed E-state index contributed by atoms with van der Waals surface area (Å²) < 4.78 is 6.03. The smallest absolute Gasteiger partial charge is 0.306 e. The van der Waals surface area contributed by atoms with E-state index in [2.05, 4.69) is 29.4 Å². The fraction of sp³-hybridized carbons (Fsp3) is 0.860. The summed E-state index contributed by atoms with van der Waals surface area (Å²) in [5, 5.41) is 15.1. The molecule has 1 rings (SSSR count). The Morgan fingerprint density at radius 3 is 1.46 bits per heavy atom. The molecule has 1 aromatic rings. The summed E-state index contributed by atoms with van der Waals surface area (Å²) >= 11 is 0. The Labute approximate surface area is 317 Å². The van der Waals surface area contributed by atoms with Crippen LogP contribution >= 0.6 is 0 Å². The fourth-order valence-electron chi connectivity index (χ4n) is 6.92. The van der Waals surface area contributed by atoms with E-state index in [-0.39, 0.29) is 18.5 Å². The van der Waals surface area contributed by atoms with Crippen molar-refractivity contribution in [3.63, 3.8) is 0 Å². The van der Waals surface area contributed by atoms with Crippen LogP contribution in [-0.4, -0.2) is 60.8 Å². The third kappa shape index (κ3) is 24.8. The lowest BCUT2D eigenvalue weighted by atomic mass is 10.0. The highest BCUT2D eigenvalue weighted by molar-refractivity contribution is 5.73. The summed E-state index contributed by atoms with van der Waals surface area (Å²) in [4.78, 5) is 50.0. The topological polar surface area (TPSA) is 125 Å². The Bertz CT molecular complexity index is 1070. The van der Waals surface area contributed by atoms with Crippen molar-refractivity contribution >= 4 is 23.3 Å². The molecule has 1 aromatic carbocycles. The summed E-state index contributed by atoms with van der Waals surface area (Å²) in [5.74, 6) is -0.732. The van der Waals surface area contributed by atoms with Crippen LogP contribution < -0.4 is 21.5 Å². The highest BCUT2D eigenvalue weighted by Gasteiger charge is 2.20. The summed E-state index contributed by atoms with van der Waals surface area (Å²) in [6.07, 6.45) is 30.1. The number of carboxylic acids is 1. The van der Waals surface area contributed by atoms with Gasteiger partial charge in [0.1, 0.15) is 17.5 Å². The van der Waals surface area contributed by atoms with Gasteiger partial charge in [0.05, 0.1) is 0 Å². The van der Waals surface area contributed by atoms with Crippen molar-refractivity contribution in [1.29, 1.82) is 0 Å². The lowest BCUT2D eigenvalue weighted by Crippen LogP contribution is -2.38. The second-order valence-corrected chi connectivity index (χ2v) is 15.1. The number of aliphatic carboxylic acids is 1. The van der Waals surface area contributed by atoms with E-state index in [0.29, 0.717) is 30.9 Å². The van der Waals surface area contributed by atoms with E-state index < -0.39 is 16.8 Å². The Kier molecular flexibility index (Phi) is 30.4. The first-order chi connectivity index (χ1) is 25.3. The third-order valence-electron chi connectivity index (χ3n) is 10.2. The minimum Gasteiger partial charge on any atom is -0.481 e. The number of esters is 1. The van der Waals surface area contributed by atoms with Gasteiger partial charge in [-0.3, -0.25) is 19.2 Å². The molecule has 0 spiro atoms. The first-order valence-electron chi connectivity index (χ1n) is 21.8. The van der Waals surface area contributed by atoms with Gasteiger partial charge in [-0.05, 0) is 83.8 Å². The van der Waals surface area contributed by atoms with E-state index in [0.717, 1.165) is 122 Å². The van der Waals surface area contributed by atoms with Gasteiger partial charge in [0.15, 0.2) is 0 Å². The number of nitrogens with one attached hydrogen (secondary N) is 2. The summed E-state index contributed by atoms with van der Waals surface area (Å²) in [7, 11) is 0. The highest BCUT2D eigenvalue weighted by atomic mass is 16.5. The molecule has 0 aliphatic heterocycles. The molecular formula is C43H79N3O6. The normalized spacial score (nSPS) is 11.6.